The van der Waals surface area contributed by atoms with Crippen molar-refractivity contribution in [2.45, 2.75) is 39.0 Å². The van der Waals surface area contributed by atoms with Crippen LogP contribution in [0, 0.1) is 17.0 Å². The van der Waals surface area contributed by atoms with Crippen LogP contribution in [-0.2, 0) is 4.74 Å². The van der Waals surface area contributed by atoms with E-state index in [2.05, 4.69) is 21.4 Å². The van der Waals surface area contributed by atoms with Crippen molar-refractivity contribution in [3.8, 4) is 0 Å². The van der Waals surface area contributed by atoms with Crippen molar-refractivity contribution in [2.24, 2.45) is 0 Å². The molecule has 8 nitrogen and oxygen atoms in total. The fraction of sp³-hybridized carbons (Fsp3) is 0.647. The number of ether oxygens (including phenoxy) is 1. The molecule has 1 fully saturated rings. The van der Waals surface area contributed by atoms with Crippen LogP contribution in [0.1, 0.15) is 37.8 Å². The van der Waals surface area contributed by atoms with Crippen molar-refractivity contribution in [1.82, 2.24) is 9.97 Å². The number of morpholine rings is 1. The quantitative estimate of drug-likeness (QED) is 0.480. The minimum Gasteiger partial charge on any atom is -0.378 e. The Morgan fingerprint density at radius 2 is 2.12 bits per heavy atom. The van der Waals surface area contributed by atoms with Crippen molar-refractivity contribution in [1.29, 1.82) is 0 Å². The lowest BCUT2D eigenvalue weighted by Gasteiger charge is -2.27. The van der Waals surface area contributed by atoms with E-state index in [1.165, 1.54) is 31.3 Å². The molecule has 8 heteroatoms. The Balaban J connectivity index is 1.74. The van der Waals surface area contributed by atoms with Crippen LogP contribution in [0.5, 0.6) is 0 Å². The van der Waals surface area contributed by atoms with Gasteiger partial charge in [-0.25, -0.2) is 4.98 Å². The predicted octanol–water partition coefficient (Wildman–Crippen LogP) is 2.83. The van der Waals surface area contributed by atoms with Crippen molar-refractivity contribution in [3.63, 3.8) is 0 Å². The third-order valence-electron chi connectivity index (χ3n) is 4.65. The van der Waals surface area contributed by atoms with E-state index in [1.807, 2.05) is 4.90 Å². The van der Waals surface area contributed by atoms with Gasteiger partial charge in [0.1, 0.15) is 5.69 Å². The molecule has 25 heavy (non-hydrogen) atoms. The number of nitro groups is 1. The van der Waals surface area contributed by atoms with E-state index >= 15 is 0 Å². The average Bonchev–Trinajstić information content (AvgIpc) is 2.62. The van der Waals surface area contributed by atoms with Crippen LogP contribution in [0.2, 0.25) is 0 Å². The summed E-state index contributed by atoms with van der Waals surface area (Å²) in [7, 11) is 0. The van der Waals surface area contributed by atoms with E-state index in [4.69, 9.17) is 4.74 Å². The summed E-state index contributed by atoms with van der Waals surface area (Å²) in [6, 6.07) is 0. The highest BCUT2D eigenvalue weighted by molar-refractivity contribution is 5.62. The molecule has 1 aromatic heterocycles. The summed E-state index contributed by atoms with van der Waals surface area (Å²) in [5.41, 5.74) is 1.86. The minimum absolute atomic E-state index is 0.0116. The summed E-state index contributed by atoms with van der Waals surface area (Å²) in [5, 5.41) is 14.7. The smallest absolute Gasteiger partial charge is 0.332 e. The molecule has 2 heterocycles. The predicted molar refractivity (Wildman–Crippen MR) is 96.1 cm³/mol. The summed E-state index contributed by atoms with van der Waals surface area (Å²) in [6.07, 6.45) is 8.17. The number of nitrogens with zero attached hydrogens (tertiary/aromatic N) is 4. The maximum atomic E-state index is 11.5. The fourth-order valence-corrected chi connectivity index (χ4v) is 3.31. The summed E-state index contributed by atoms with van der Waals surface area (Å²) in [4.78, 5) is 21.7. The van der Waals surface area contributed by atoms with Crippen molar-refractivity contribution in [3.05, 3.63) is 27.5 Å². The Labute approximate surface area is 147 Å². The Morgan fingerprint density at radius 3 is 2.80 bits per heavy atom. The first-order valence-corrected chi connectivity index (χ1v) is 8.92. The molecule has 0 spiro atoms. The Hall–Kier alpha value is -2.22. The normalized spacial score (nSPS) is 18.0. The largest absolute Gasteiger partial charge is 0.378 e. The van der Waals surface area contributed by atoms with Gasteiger partial charge in [0.05, 0.1) is 18.1 Å². The highest BCUT2D eigenvalue weighted by Gasteiger charge is 2.27. The monoisotopic (exact) mass is 347 g/mol. The minimum atomic E-state index is -0.392. The Morgan fingerprint density at radius 1 is 1.32 bits per heavy atom. The van der Waals surface area contributed by atoms with Crippen LogP contribution in [0.15, 0.2) is 11.6 Å². The maximum absolute atomic E-state index is 11.5. The zero-order valence-electron chi connectivity index (χ0n) is 14.7. The van der Waals surface area contributed by atoms with Gasteiger partial charge in [-0.2, -0.15) is 4.98 Å². The number of rotatable bonds is 6. The van der Waals surface area contributed by atoms with Crippen LogP contribution >= 0.6 is 0 Å². The van der Waals surface area contributed by atoms with Gasteiger partial charge in [-0.3, -0.25) is 10.1 Å². The highest BCUT2D eigenvalue weighted by atomic mass is 16.6. The molecule has 1 aromatic rings. The number of anilines is 2. The highest BCUT2D eigenvalue weighted by Crippen LogP contribution is 2.30. The lowest BCUT2D eigenvalue weighted by atomic mass is 9.97. The number of hydrogen-bond acceptors (Lipinski definition) is 7. The van der Waals surface area contributed by atoms with E-state index in [-0.39, 0.29) is 5.69 Å². The van der Waals surface area contributed by atoms with Crippen LogP contribution in [0.4, 0.5) is 17.5 Å². The first-order valence-electron chi connectivity index (χ1n) is 8.92. The number of aromatic nitrogens is 2. The molecule has 136 valence electrons. The SMILES string of the molecule is Cc1nc(NCCC2=CCCCC2)nc(N2CCOCC2)c1[N+](=O)[O-]. The lowest BCUT2D eigenvalue weighted by Crippen LogP contribution is -2.37. The first kappa shape index (κ1) is 17.6. The van der Waals surface area contributed by atoms with Gasteiger partial charge in [0.15, 0.2) is 0 Å². The second-order valence-corrected chi connectivity index (χ2v) is 6.45. The molecule has 1 N–H and O–H groups in total. The standard InChI is InChI=1S/C17H25N5O3/c1-13-15(22(23)24)16(21-9-11-25-12-10-21)20-17(19-13)18-8-7-14-5-3-2-4-6-14/h5H,2-4,6-12H2,1H3,(H,18,19,20). The summed E-state index contributed by atoms with van der Waals surface area (Å²) < 4.78 is 5.34. The zero-order chi connectivity index (χ0) is 17.6. The zero-order valence-corrected chi connectivity index (χ0v) is 14.7. The third-order valence-corrected chi connectivity index (χ3v) is 4.65. The van der Waals surface area contributed by atoms with Crippen molar-refractivity contribution >= 4 is 17.5 Å². The van der Waals surface area contributed by atoms with Gasteiger partial charge in [-0.15, -0.1) is 0 Å². The topological polar surface area (TPSA) is 93.4 Å². The first-order chi connectivity index (χ1) is 12.1. The van der Waals surface area contributed by atoms with E-state index in [1.54, 1.807) is 6.92 Å². The molecule has 2 aliphatic rings. The molecular weight excluding hydrogens is 322 g/mol. The molecule has 0 saturated carbocycles. The average molecular weight is 347 g/mol. The summed E-state index contributed by atoms with van der Waals surface area (Å²) in [6.45, 7) is 4.71. The molecule has 1 aliphatic carbocycles. The molecule has 0 amide bonds. The molecule has 1 aliphatic heterocycles. The summed E-state index contributed by atoms with van der Waals surface area (Å²) >= 11 is 0. The number of aryl methyl sites for hydroxylation is 1. The number of allylic oxidation sites excluding steroid dienone is 1. The van der Waals surface area contributed by atoms with Crippen LogP contribution in [-0.4, -0.2) is 47.7 Å². The number of nitrogens with one attached hydrogen (secondary N) is 1. The Kier molecular flexibility index (Phi) is 5.80. The van der Waals surface area contributed by atoms with E-state index in [0.29, 0.717) is 43.8 Å². The molecule has 0 radical (unpaired) electrons. The fourth-order valence-electron chi connectivity index (χ4n) is 3.31. The third kappa shape index (κ3) is 4.45. The van der Waals surface area contributed by atoms with Crippen molar-refractivity contribution in [2.75, 3.05) is 43.1 Å². The molecule has 3 rings (SSSR count). The maximum Gasteiger partial charge on any atom is 0.332 e. The van der Waals surface area contributed by atoms with Gasteiger partial charge < -0.3 is 15.0 Å². The second kappa shape index (κ2) is 8.24. The van der Waals surface area contributed by atoms with Gasteiger partial charge in [0.25, 0.3) is 0 Å². The molecular formula is C17H25N5O3. The summed E-state index contributed by atoms with van der Waals surface area (Å²) in [5.74, 6) is 0.848. The van der Waals surface area contributed by atoms with E-state index < -0.39 is 4.92 Å². The molecule has 0 aromatic carbocycles. The van der Waals surface area contributed by atoms with Gasteiger partial charge >= 0.3 is 5.69 Å². The molecule has 0 atom stereocenters. The van der Waals surface area contributed by atoms with Crippen LogP contribution in [0.25, 0.3) is 0 Å². The Bertz CT molecular complexity index is 656. The second-order valence-electron chi connectivity index (χ2n) is 6.45. The molecule has 1 saturated heterocycles. The van der Waals surface area contributed by atoms with E-state index in [9.17, 15) is 10.1 Å². The van der Waals surface area contributed by atoms with Gasteiger partial charge in [-0.1, -0.05) is 11.6 Å². The van der Waals surface area contributed by atoms with Crippen LogP contribution in [0.3, 0.4) is 0 Å². The van der Waals surface area contributed by atoms with E-state index in [0.717, 1.165) is 13.0 Å². The molecule has 0 unspecified atom stereocenters. The van der Waals surface area contributed by atoms with Gasteiger partial charge in [0, 0.05) is 19.6 Å². The van der Waals surface area contributed by atoms with Crippen molar-refractivity contribution < 1.29 is 9.66 Å². The van der Waals surface area contributed by atoms with Gasteiger partial charge in [-0.05, 0) is 39.0 Å². The number of hydrogen-bond donors (Lipinski definition) is 1. The van der Waals surface area contributed by atoms with Gasteiger partial charge in [0.2, 0.25) is 11.8 Å². The molecule has 0 bridgehead atoms. The van der Waals surface area contributed by atoms with Crippen LogP contribution < -0.4 is 10.2 Å². The lowest BCUT2D eigenvalue weighted by molar-refractivity contribution is -0.385.